The summed E-state index contributed by atoms with van der Waals surface area (Å²) in [7, 11) is 0. The molecule has 2 heterocycles. The van der Waals surface area contributed by atoms with Crippen LogP contribution < -0.4 is 0 Å². The van der Waals surface area contributed by atoms with Crippen molar-refractivity contribution in [3.8, 4) is 22.6 Å². The number of hydrogen-bond acceptors (Lipinski definition) is 4. The monoisotopic (exact) mass is 376 g/mol. The van der Waals surface area contributed by atoms with Gasteiger partial charge in [-0.3, -0.25) is 14.9 Å². The van der Waals surface area contributed by atoms with Gasteiger partial charge in [-0.15, -0.1) is 0 Å². The summed E-state index contributed by atoms with van der Waals surface area (Å²) >= 11 is 0. The predicted octanol–water partition coefficient (Wildman–Crippen LogP) is 4.59. The minimum absolute atomic E-state index is 0.306. The lowest BCUT2D eigenvalue weighted by atomic mass is 9.77. The zero-order chi connectivity index (χ0) is 19.5. The molecule has 0 unspecified atom stereocenters. The highest BCUT2D eigenvalue weighted by Crippen LogP contribution is 2.37. The van der Waals surface area contributed by atoms with Gasteiger partial charge in [-0.1, -0.05) is 24.3 Å². The first-order valence-corrected chi connectivity index (χ1v) is 9.76. The van der Waals surface area contributed by atoms with Crippen LogP contribution in [-0.4, -0.2) is 31.2 Å². The topological polar surface area (TPSA) is 91.8 Å². The third kappa shape index (κ3) is 4.11. The Labute approximate surface area is 164 Å². The highest BCUT2D eigenvalue weighted by atomic mass is 16.4. The Morgan fingerprint density at radius 2 is 1.79 bits per heavy atom. The fourth-order valence-electron chi connectivity index (χ4n) is 4.04. The standard InChI is InChI=1S/C22H24N4O2/c1-14-24-22(26-25-14)19-10-11-20(23-13-19)18-8-6-17(7-9-18)16-4-2-15(3-5-16)12-21(27)28/h6-11,13,15-16H,2-5,12H2,1H3,(H,27,28)(H,24,25,26). The Bertz CT molecular complexity index is 939. The molecule has 0 radical (unpaired) electrons. The van der Waals surface area contributed by atoms with Crippen LogP contribution >= 0.6 is 0 Å². The zero-order valence-electron chi connectivity index (χ0n) is 15.9. The second kappa shape index (κ2) is 7.92. The van der Waals surface area contributed by atoms with E-state index in [0.29, 0.717) is 24.1 Å². The van der Waals surface area contributed by atoms with Crippen molar-refractivity contribution >= 4 is 5.97 Å². The Morgan fingerprint density at radius 3 is 2.36 bits per heavy atom. The lowest BCUT2D eigenvalue weighted by molar-refractivity contribution is -0.138. The van der Waals surface area contributed by atoms with Crippen molar-refractivity contribution in [2.75, 3.05) is 0 Å². The van der Waals surface area contributed by atoms with E-state index in [1.807, 2.05) is 19.1 Å². The van der Waals surface area contributed by atoms with Gasteiger partial charge in [0, 0.05) is 23.7 Å². The Morgan fingerprint density at radius 1 is 1.07 bits per heavy atom. The van der Waals surface area contributed by atoms with E-state index in [9.17, 15) is 4.79 Å². The molecule has 0 aliphatic heterocycles. The Balaban J connectivity index is 1.41. The maximum absolute atomic E-state index is 10.9. The molecular formula is C22H24N4O2. The van der Waals surface area contributed by atoms with Gasteiger partial charge in [0.25, 0.3) is 0 Å². The van der Waals surface area contributed by atoms with Gasteiger partial charge < -0.3 is 5.11 Å². The van der Waals surface area contributed by atoms with Gasteiger partial charge in [-0.2, -0.15) is 5.10 Å². The van der Waals surface area contributed by atoms with E-state index in [1.165, 1.54) is 5.56 Å². The van der Waals surface area contributed by atoms with Crippen molar-refractivity contribution in [3.63, 3.8) is 0 Å². The van der Waals surface area contributed by atoms with Gasteiger partial charge in [0.05, 0.1) is 5.69 Å². The van der Waals surface area contributed by atoms with Crippen LogP contribution in [-0.2, 0) is 4.79 Å². The number of aryl methyl sites for hydroxylation is 1. The highest BCUT2D eigenvalue weighted by molar-refractivity contribution is 5.67. The lowest BCUT2D eigenvalue weighted by Gasteiger charge is -2.28. The third-order valence-corrected chi connectivity index (χ3v) is 5.61. The minimum Gasteiger partial charge on any atom is -0.481 e. The molecule has 3 aromatic rings. The molecule has 2 aromatic heterocycles. The summed E-state index contributed by atoms with van der Waals surface area (Å²) in [5, 5.41) is 16.0. The van der Waals surface area contributed by atoms with Gasteiger partial charge in [0.1, 0.15) is 5.82 Å². The summed E-state index contributed by atoms with van der Waals surface area (Å²) in [6, 6.07) is 12.6. The van der Waals surface area contributed by atoms with Crippen LogP contribution in [0.25, 0.3) is 22.6 Å². The van der Waals surface area contributed by atoms with Gasteiger partial charge in [0.15, 0.2) is 5.82 Å². The molecule has 1 saturated carbocycles. The second-order valence-electron chi connectivity index (χ2n) is 7.61. The molecule has 1 aliphatic carbocycles. The maximum atomic E-state index is 10.9. The zero-order valence-corrected chi connectivity index (χ0v) is 15.9. The molecule has 4 rings (SSSR count). The van der Waals surface area contributed by atoms with Crippen LogP contribution in [0.5, 0.6) is 0 Å². The van der Waals surface area contributed by atoms with Crippen LogP contribution in [0, 0.1) is 12.8 Å². The smallest absolute Gasteiger partial charge is 0.303 e. The molecule has 0 amide bonds. The number of aromatic nitrogens is 4. The number of hydrogen-bond donors (Lipinski definition) is 2. The van der Waals surface area contributed by atoms with Crippen molar-refractivity contribution in [3.05, 3.63) is 54.0 Å². The van der Waals surface area contributed by atoms with Crippen LogP contribution in [0.4, 0.5) is 0 Å². The molecule has 6 heteroatoms. The van der Waals surface area contributed by atoms with E-state index < -0.39 is 5.97 Å². The number of nitrogens with zero attached hydrogens (tertiary/aromatic N) is 3. The van der Waals surface area contributed by atoms with E-state index >= 15 is 0 Å². The number of rotatable bonds is 5. The summed E-state index contributed by atoms with van der Waals surface area (Å²) in [6.07, 6.45) is 6.25. The van der Waals surface area contributed by atoms with Crippen molar-refractivity contribution in [1.82, 2.24) is 20.2 Å². The summed E-state index contributed by atoms with van der Waals surface area (Å²) in [5.74, 6) is 1.63. The number of carboxylic acids is 1. The average Bonchev–Trinajstić information content (AvgIpc) is 3.15. The van der Waals surface area contributed by atoms with Crippen molar-refractivity contribution in [2.24, 2.45) is 5.92 Å². The number of H-pyrrole nitrogens is 1. The second-order valence-corrected chi connectivity index (χ2v) is 7.61. The number of pyridine rings is 1. The number of benzene rings is 1. The van der Waals surface area contributed by atoms with Crippen molar-refractivity contribution in [2.45, 2.75) is 44.9 Å². The molecule has 0 saturated heterocycles. The van der Waals surface area contributed by atoms with Gasteiger partial charge >= 0.3 is 5.97 Å². The minimum atomic E-state index is -0.676. The van der Waals surface area contributed by atoms with Crippen LogP contribution in [0.1, 0.15) is 49.4 Å². The average molecular weight is 376 g/mol. The molecule has 1 fully saturated rings. The number of aromatic amines is 1. The normalized spacial score (nSPS) is 19.5. The summed E-state index contributed by atoms with van der Waals surface area (Å²) < 4.78 is 0. The SMILES string of the molecule is Cc1nc(-c2ccc(-c3ccc(C4CCC(CC(=O)O)CC4)cc3)nc2)n[nH]1. The van der Waals surface area contributed by atoms with E-state index in [1.54, 1.807) is 6.20 Å². The summed E-state index contributed by atoms with van der Waals surface area (Å²) in [4.78, 5) is 19.8. The molecule has 0 bridgehead atoms. The Hall–Kier alpha value is -3.02. The predicted molar refractivity (Wildman–Crippen MR) is 107 cm³/mol. The quantitative estimate of drug-likeness (QED) is 0.679. The van der Waals surface area contributed by atoms with Crippen molar-refractivity contribution < 1.29 is 9.90 Å². The fraction of sp³-hybridized carbons (Fsp3) is 0.364. The first-order chi connectivity index (χ1) is 13.6. The van der Waals surface area contributed by atoms with Crippen LogP contribution in [0.15, 0.2) is 42.6 Å². The molecule has 1 aliphatic rings. The third-order valence-electron chi connectivity index (χ3n) is 5.61. The van der Waals surface area contributed by atoms with E-state index in [2.05, 4.69) is 44.4 Å². The van der Waals surface area contributed by atoms with E-state index in [4.69, 9.17) is 5.11 Å². The molecule has 2 N–H and O–H groups in total. The molecule has 1 aromatic carbocycles. The largest absolute Gasteiger partial charge is 0.481 e. The fourth-order valence-corrected chi connectivity index (χ4v) is 4.04. The first kappa shape index (κ1) is 18.3. The first-order valence-electron chi connectivity index (χ1n) is 9.76. The molecular weight excluding hydrogens is 352 g/mol. The van der Waals surface area contributed by atoms with Gasteiger partial charge in [-0.25, -0.2) is 4.98 Å². The van der Waals surface area contributed by atoms with Crippen LogP contribution in [0.2, 0.25) is 0 Å². The van der Waals surface area contributed by atoms with Crippen molar-refractivity contribution in [1.29, 1.82) is 0 Å². The lowest BCUT2D eigenvalue weighted by Crippen LogP contribution is -2.16. The summed E-state index contributed by atoms with van der Waals surface area (Å²) in [6.45, 7) is 1.87. The van der Waals surface area contributed by atoms with Crippen LogP contribution in [0.3, 0.4) is 0 Å². The summed E-state index contributed by atoms with van der Waals surface area (Å²) in [5.41, 5.74) is 4.24. The van der Waals surface area contributed by atoms with Gasteiger partial charge in [-0.05, 0) is 62.1 Å². The molecule has 0 spiro atoms. The van der Waals surface area contributed by atoms with E-state index in [0.717, 1.165) is 48.3 Å². The molecule has 6 nitrogen and oxygen atoms in total. The molecule has 144 valence electrons. The van der Waals surface area contributed by atoms with Gasteiger partial charge in [0.2, 0.25) is 0 Å². The number of carbonyl (C=O) groups is 1. The molecule has 0 atom stereocenters. The Kier molecular flexibility index (Phi) is 5.19. The maximum Gasteiger partial charge on any atom is 0.303 e. The highest BCUT2D eigenvalue weighted by Gasteiger charge is 2.23. The number of carboxylic acid groups (broad SMARTS) is 1. The number of aliphatic carboxylic acids is 1. The number of nitrogens with one attached hydrogen (secondary N) is 1. The molecule has 28 heavy (non-hydrogen) atoms. The van der Waals surface area contributed by atoms with E-state index in [-0.39, 0.29) is 0 Å².